The molecule has 0 N–H and O–H groups in total. The van der Waals surface area contributed by atoms with E-state index < -0.39 is 0 Å². The van der Waals surface area contributed by atoms with E-state index in [9.17, 15) is 4.79 Å². The van der Waals surface area contributed by atoms with Crippen molar-refractivity contribution in [2.75, 3.05) is 37.7 Å². The number of benzene rings is 1. The Morgan fingerprint density at radius 3 is 2.74 bits per heavy atom. The smallest absolute Gasteiger partial charge is 0.236 e. The Morgan fingerprint density at radius 1 is 1.13 bits per heavy atom. The Bertz CT molecular complexity index is 1050. The van der Waals surface area contributed by atoms with Gasteiger partial charge >= 0.3 is 0 Å². The van der Waals surface area contributed by atoms with Crippen LogP contribution in [0.3, 0.4) is 0 Å². The fraction of sp³-hybridized carbons (Fsp3) is 0.409. The molecule has 9 heteroatoms. The fourth-order valence-corrected chi connectivity index (χ4v) is 5.85. The van der Waals surface area contributed by atoms with Crippen LogP contribution in [-0.4, -0.2) is 63.7 Å². The molecule has 7 nitrogen and oxygen atoms in total. The van der Waals surface area contributed by atoms with Gasteiger partial charge in [0.05, 0.1) is 24.2 Å². The van der Waals surface area contributed by atoms with Crippen molar-refractivity contribution in [2.45, 2.75) is 30.3 Å². The van der Waals surface area contributed by atoms with Crippen LogP contribution in [0, 0.1) is 0 Å². The van der Waals surface area contributed by atoms with Crippen molar-refractivity contribution in [3.8, 4) is 5.69 Å². The second-order valence-corrected chi connectivity index (χ2v) is 10.0. The second-order valence-electron chi connectivity index (χ2n) is 7.69. The van der Waals surface area contributed by atoms with E-state index in [4.69, 9.17) is 4.74 Å². The molecule has 2 aromatic heterocycles. The van der Waals surface area contributed by atoms with E-state index in [1.54, 1.807) is 11.3 Å². The largest absolute Gasteiger partial charge is 0.378 e. The third-order valence-electron chi connectivity index (χ3n) is 5.67. The minimum absolute atomic E-state index is 0.150. The number of anilines is 1. The predicted octanol–water partition coefficient (Wildman–Crippen LogP) is 3.23. The highest BCUT2D eigenvalue weighted by atomic mass is 32.2. The number of hydrogen-bond acceptors (Lipinski definition) is 7. The molecule has 3 aromatic rings. The number of carbonyl (C=O) groups is 1. The molecule has 0 saturated carbocycles. The molecule has 1 amide bonds. The molecule has 1 fully saturated rings. The summed E-state index contributed by atoms with van der Waals surface area (Å²) in [7, 11) is 0. The molecule has 31 heavy (non-hydrogen) atoms. The summed E-state index contributed by atoms with van der Waals surface area (Å²) >= 11 is 3.27. The summed E-state index contributed by atoms with van der Waals surface area (Å²) in [5.41, 5.74) is 2.28. The van der Waals surface area contributed by atoms with Gasteiger partial charge in [0.2, 0.25) is 11.9 Å². The quantitative estimate of drug-likeness (QED) is 0.551. The van der Waals surface area contributed by atoms with Gasteiger partial charge in [-0.25, -0.2) is 0 Å². The van der Waals surface area contributed by atoms with Crippen LogP contribution in [0.25, 0.3) is 5.69 Å². The van der Waals surface area contributed by atoms with Crippen molar-refractivity contribution in [1.29, 1.82) is 0 Å². The highest BCUT2D eigenvalue weighted by molar-refractivity contribution is 8.00. The summed E-state index contributed by atoms with van der Waals surface area (Å²) in [5.74, 6) is 0.954. The summed E-state index contributed by atoms with van der Waals surface area (Å²) < 4.78 is 7.56. The monoisotopic (exact) mass is 455 g/mol. The summed E-state index contributed by atoms with van der Waals surface area (Å²) in [4.78, 5) is 18.8. The Kier molecular flexibility index (Phi) is 5.97. The number of thiophene rings is 1. The molecule has 2 aliphatic rings. The zero-order valence-electron chi connectivity index (χ0n) is 17.4. The first-order chi connectivity index (χ1) is 15.2. The van der Waals surface area contributed by atoms with Gasteiger partial charge in [-0.2, -0.15) is 0 Å². The number of rotatable bonds is 5. The molecule has 4 heterocycles. The number of aromatic nitrogens is 3. The minimum atomic E-state index is -0.246. The van der Waals surface area contributed by atoms with Crippen LogP contribution in [0.5, 0.6) is 0 Å². The van der Waals surface area contributed by atoms with Gasteiger partial charge in [0.25, 0.3) is 0 Å². The van der Waals surface area contributed by atoms with E-state index in [2.05, 4.69) is 31.1 Å². The number of para-hydroxylation sites is 1. The predicted molar refractivity (Wildman–Crippen MR) is 123 cm³/mol. The van der Waals surface area contributed by atoms with Crippen molar-refractivity contribution >= 4 is 35.0 Å². The van der Waals surface area contributed by atoms with E-state index in [0.717, 1.165) is 42.8 Å². The van der Waals surface area contributed by atoms with Crippen LogP contribution in [0.1, 0.15) is 17.4 Å². The molecule has 0 spiro atoms. The number of morpholine rings is 1. The van der Waals surface area contributed by atoms with Crippen molar-refractivity contribution < 1.29 is 9.53 Å². The maximum Gasteiger partial charge on any atom is 0.236 e. The number of fused-ring (bicyclic) bond motifs is 1. The van der Waals surface area contributed by atoms with Gasteiger partial charge in [0, 0.05) is 31.1 Å². The summed E-state index contributed by atoms with van der Waals surface area (Å²) in [6.45, 7) is 6.36. The van der Waals surface area contributed by atoms with E-state index in [1.807, 2.05) is 42.2 Å². The Hall–Kier alpha value is -2.36. The highest BCUT2D eigenvalue weighted by Crippen LogP contribution is 2.31. The van der Waals surface area contributed by atoms with Crippen LogP contribution >= 0.6 is 23.1 Å². The molecule has 1 aromatic carbocycles. The zero-order chi connectivity index (χ0) is 21.2. The van der Waals surface area contributed by atoms with Crippen LogP contribution in [0.2, 0.25) is 0 Å². The standard InChI is InChI=1S/C22H25N5O2S2/c1-16(20(28)26-9-7-19-17(15-26)8-14-30-19)31-22-24-23-21(25-10-12-29-13-11-25)27(22)18-5-3-2-4-6-18/h2-6,8,14,16H,7,9-13,15H2,1H3. The van der Waals surface area contributed by atoms with Gasteiger partial charge in [0.1, 0.15) is 0 Å². The normalized spacial score (nSPS) is 17.5. The number of ether oxygens (including phenoxy) is 1. The lowest BCUT2D eigenvalue weighted by atomic mass is 10.1. The Labute approximate surface area is 190 Å². The van der Waals surface area contributed by atoms with Crippen LogP contribution in [0.15, 0.2) is 46.9 Å². The zero-order valence-corrected chi connectivity index (χ0v) is 19.1. The number of nitrogens with zero attached hydrogens (tertiary/aromatic N) is 5. The third-order valence-corrected chi connectivity index (χ3v) is 7.73. The van der Waals surface area contributed by atoms with Crippen molar-refractivity contribution in [2.24, 2.45) is 0 Å². The van der Waals surface area contributed by atoms with Gasteiger partial charge in [-0.05, 0) is 42.5 Å². The third kappa shape index (κ3) is 4.22. The van der Waals surface area contributed by atoms with Gasteiger partial charge < -0.3 is 14.5 Å². The molecule has 1 unspecified atom stereocenters. The molecule has 1 atom stereocenters. The van der Waals surface area contributed by atoms with E-state index in [0.29, 0.717) is 19.8 Å². The average Bonchev–Trinajstić information content (AvgIpc) is 3.46. The minimum Gasteiger partial charge on any atom is -0.378 e. The maximum absolute atomic E-state index is 13.2. The van der Waals surface area contributed by atoms with E-state index >= 15 is 0 Å². The molecule has 0 bridgehead atoms. The Morgan fingerprint density at radius 2 is 1.94 bits per heavy atom. The molecule has 162 valence electrons. The summed E-state index contributed by atoms with van der Waals surface area (Å²) in [5, 5.41) is 11.6. The van der Waals surface area contributed by atoms with Gasteiger partial charge in [0.15, 0.2) is 5.16 Å². The van der Waals surface area contributed by atoms with Crippen molar-refractivity contribution in [3.63, 3.8) is 0 Å². The SMILES string of the molecule is CC(Sc1nnc(N2CCOCC2)n1-c1ccccc1)C(=O)N1CCc2sccc2C1. The first kappa shape index (κ1) is 20.5. The van der Waals surface area contributed by atoms with E-state index in [1.165, 1.54) is 22.2 Å². The molecule has 0 aliphatic carbocycles. The molecule has 1 saturated heterocycles. The molecule has 5 rings (SSSR count). The van der Waals surface area contributed by atoms with Gasteiger partial charge in [-0.3, -0.25) is 9.36 Å². The number of amides is 1. The molecule has 0 radical (unpaired) electrons. The van der Waals surface area contributed by atoms with Gasteiger partial charge in [-0.1, -0.05) is 30.0 Å². The lowest BCUT2D eigenvalue weighted by Crippen LogP contribution is -2.39. The maximum atomic E-state index is 13.2. The van der Waals surface area contributed by atoms with Crippen LogP contribution in [0.4, 0.5) is 5.95 Å². The van der Waals surface area contributed by atoms with E-state index in [-0.39, 0.29) is 11.2 Å². The topological polar surface area (TPSA) is 63.5 Å². The summed E-state index contributed by atoms with van der Waals surface area (Å²) in [6, 6.07) is 12.2. The average molecular weight is 456 g/mol. The Balaban J connectivity index is 1.38. The lowest BCUT2D eigenvalue weighted by molar-refractivity contribution is -0.131. The first-order valence-electron chi connectivity index (χ1n) is 10.5. The fourth-order valence-electron chi connectivity index (χ4n) is 4.01. The summed E-state index contributed by atoms with van der Waals surface area (Å²) in [6.07, 6.45) is 0.942. The van der Waals surface area contributed by atoms with Crippen LogP contribution in [-0.2, 0) is 22.5 Å². The number of carbonyl (C=O) groups excluding carboxylic acids is 1. The number of hydrogen-bond donors (Lipinski definition) is 0. The van der Waals surface area contributed by atoms with Crippen molar-refractivity contribution in [1.82, 2.24) is 19.7 Å². The van der Waals surface area contributed by atoms with Crippen molar-refractivity contribution in [3.05, 3.63) is 52.2 Å². The molecular weight excluding hydrogens is 430 g/mol. The first-order valence-corrected chi connectivity index (χ1v) is 12.3. The highest BCUT2D eigenvalue weighted by Gasteiger charge is 2.29. The van der Waals surface area contributed by atoms with Gasteiger partial charge in [-0.15, -0.1) is 21.5 Å². The number of thioether (sulfide) groups is 1. The second kappa shape index (κ2) is 9.02. The lowest BCUT2D eigenvalue weighted by Gasteiger charge is -2.29. The molecule has 2 aliphatic heterocycles. The molecular formula is C22H25N5O2S2. The van der Waals surface area contributed by atoms with Crippen LogP contribution < -0.4 is 4.90 Å².